The van der Waals surface area contributed by atoms with Crippen molar-refractivity contribution in [3.63, 3.8) is 0 Å². The summed E-state index contributed by atoms with van der Waals surface area (Å²) in [5.41, 5.74) is 7.73. The Bertz CT molecular complexity index is 354. The van der Waals surface area contributed by atoms with Gasteiger partial charge in [0.25, 0.3) is 0 Å². The number of aryl methyl sites for hydroxylation is 1. The first-order chi connectivity index (χ1) is 6.21. The lowest BCUT2D eigenvalue weighted by molar-refractivity contribution is 0.301. The molecular formula is C10H12ClNO. The summed E-state index contributed by atoms with van der Waals surface area (Å²) in [6.07, 6.45) is 4.80. The lowest BCUT2D eigenvalue weighted by atomic mass is 9.82. The van der Waals surface area contributed by atoms with Crippen LogP contribution >= 0.6 is 11.6 Å². The van der Waals surface area contributed by atoms with Gasteiger partial charge in [0, 0.05) is 0 Å². The number of hydrogen-bond acceptors (Lipinski definition) is 2. The van der Waals surface area contributed by atoms with Gasteiger partial charge in [-0.05, 0) is 54.3 Å². The highest BCUT2D eigenvalue weighted by atomic mass is 35.5. The maximum Gasteiger partial charge on any atom is 0.193 e. The van der Waals surface area contributed by atoms with E-state index in [9.17, 15) is 0 Å². The van der Waals surface area contributed by atoms with E-state index in [0.29, 0.717) is 10.6 Å². The van der Waals surface area contributed by atoms with Crippen molar-refractivity contribution in [1.82, 2.24) is 0 Å². The van der Waals surface area contributed by atoms with Crippen molar-refractivity contribution in [2.45, 2.75) is 31.7 Å². The molecule has 1 heterocycles. The van der Waals surface area contributed by atoms with Gasteiger partial charge in [0.05, 0.1) is 6.04 Å². The molecule has 2 N–H and O–H groups in total. The Balaban J connectivity index is 2.07. The topological polar surface area (TPSA) is 39.2 Å². The van der Waals surface area contributed by atoms with Gasteiger partial charge in [0.2, 0.25) is 0 Å². The van der Waals surface area contributed by atoms with Crippen molar-refractivity contribution in [2.75, 3.05) is 0 Å². The second kappa shape index (κ2) is 2.31. The molecule has 1 aromatic heterocycles. The van der Waals surface area contributed by atoms with E-state index in [4.69, 9.17) is 21.8 Å². The molecule has 1 spiro atoms. The van der Waals surface area contributed by atoms with E-state index in [1.165, 1.54) is 24.8 Å². The van der Waals surface area contributed by atoms with E-state index in [-0.39, 0.29) is 6.04 Å². The van der Waals surface area contributed by atoms with Gasteiger partial charge in [-0.2, -0.15) is 0 Å². The molecule has 2 aliphatic carbocycles. The van der Waals surface area contributed by atoms with Crippen LogP contribution in [0.4, 0.5) is 0 Å². The molecule has 0 amide bonds. The third kappa shape index (κ3) is 0.990. The van der Waals surface area contributed by atoms with Crippen LogP contribution in [0, 0.1) is 5.41 Å². The van der Waals surface area contributed by atoms with Gasteiger partial charge in [-0.15, -0.1) is 0 Å². The fraction of sp³-hybridized carbons (Fsp3) is 0.600. The predicted octanol–water partition coefficient (Wildman–Crippen LogP) is 2.66. The number of rotatable bonds is 0. The molecule has 1 atom stereocenters. The largest absolute Gasteiger partial charge is 0.448 e. The minimum atomic E-state index is 0.0868. The van der Waals surface area contributed by atoms with Crippen molar-refractivity contribution in [1.29, 1.82) is 0 Å². The first-order valence-electron chi connectivity index (χ1n) is 4.75. The van der Waals surface area contributed by atoms with Crippen LogP contribution in [0.2, 0.25) is 5.22 Å². The molecule has 2 aliphatic rings. The van der Waals surface area contributed by atoms with Crippen LogP contribution in [0.25, 0.3) is 0 Å². The fourth-order valence-corrected chi connectivity index (χ4v) is 2.62. The summed E-state index contributed by atoms with van der Waals surface area (Å²) < 4.78 is 5.43. The highest BCUT2D eigenvalue weighted by molar-refractivity contribution is 6.28. The third-order valence-corrected chi connectivity index (χ3v) is 3.72. The molecule has 1 aromatic rings. The summed E-state index contributed by atoms with van der Waals surface area (Å²) in [5.74, 6) is 0.939. The van der Waals surface area contributed by atoms with Gasteiger partial charge in [-0.1, -0.05) is 0 Å². The lowest BCUT2D eigenvalue weighted by Gasteiger charge is -2.27. The zero-order chi connectivity index (χ0) is 9.05. The van der Waals surface area contributed by atoms with Crippen LogP contribution < -0.4 is 5.73 Å². The van der Waals surface area contributed by atoms with E-state index in [0.717, 1.165) is 12.2 Å². The van der Waals surface area contributed by atoms with E-state index < -0.39 is 0 Å². The van der Waals surface area contributed by atoms with Crippen molar-refractivity contribution < 1.29 is 4.42 Å². The zero-order valence-electron chi connectivity index (χ0n) is 7.35. The van der Waals surface area contributed by atoms with Crippen LogP contribution in [0.1, 0.15) is 36.6 Å². The molecule has 0 bridgehead atoms. The normalized spacial score (nSPS) is 28.9. The maximum absolute atomic E-state index is 6.15. The second-order valence-corrected chi connectivity index (χ2v) is 4.65. The van der Waals surface area contributed by atoms with E-state index in [1.807, 2.05) is 6.07 Å². The molecular weight excluding hydrogens is 186 g/mol. The summed E-state index contributed by atoms with van der Waals surface area (Å²) in [6.45, 7) is 0. The molecule has 1 saturated carbocycles. The predicted molar refractivity (Wildman–Crippen MR) is 50.6 cm³/mol. The summed E-state index contributed by atoms with van der Waals surface area (Å²) in [6, 6.07) is 2.00. The maximum atomic E-state index is 6.15. The molecule has 0 aromatic carbocycles. The van der Waals surface area contributed by atoms with Gasteiger partial charge in [-0.25, -0.2) is 0 Å². The highest BCUT2D eigenvalue weighted by Crippen LogP contribution is 2.60. The van der Waals surface area contributed by atoms with E-state index in [1.54, 1.807) is 0 Å². The number of nitrogens with two attached hydrogens (primary N) is 1. The SMILES string of the molecule is NC1c2oc(Cl)cc2CCC12CC2. The van der Waals surface area contributed by atoms with Crippen LogP contribution in [0.3, 0.4) is 0 Å². The Morgan fingerprint density at radius 3 is 2.92 bits per heavy atom. The van der Waals surface area contributed by atoms with Gasteiger partial charge in [0.1, 0.15) is 5.76 Å². The van der Waals surface area contributed by atoms with Crippen molar-refractivity contribution in [3.8, 4) is 0 Å². The molecule has 3 heteroatoms. The smallest absolute Gasteiger partial charge is 0.193 e. The first-order valence-corrected chi connectivity index (χ1v) is 5.13. The Morgan fingerprint density at radius 1 is 1.46 bits per heavy atom. The molecule has 0 aliphatic heterocycles. The minimum Gasteiger partial charge on any atom is -0.448 e. The Hall–Kier alpha value is -0.470. The standard InChI is InChI=1S/C10H12ClNO/c11-7-5-6-1-2-10(3-4-10)9(12)8(6)13-7/h5,9H,1-4,12H2. The molecule has 0 radical (unpaired) electrons. The van der Waals surface area contributed by atoms with Gasteiger partial charge >= 0.3 is 0 Å². The van der Waals surface area contributed by atoms with E-state index >= 15 is 0 Å². The molecule has 3 rings (SSSR count). The highest BCUT2D eigenvalue weighted by Gasteiger charge is 2.51. The molecule has 0 saturated heterocycles. The summed E-state index contributed by atoms with van der Waals surface area (Å²) in [4.78, 5) is 0. The molecule has 13 heavy (non-hydrogen) atoms. The summed E-state index contributed by atoms with van der Waals surface area (Å²) in [5, 5.41) is 0.484. The minimum absolute atomic E-state index is 0.0868. The van der Waals surface area contributed by atoms with Crippen LogP contribution in [0.15, 0.2) is 10.5 Å². The quantitative estimate of drug-likeness (QED) is 0.695. The average molecular weight is 198 g/mol. The van der Waals surface area contributed by atoms with E-state index in [2.05, 4.69) is 0 Å². The first kappa shape index (κ1) is 7.89. The number of hydrogen-bond donors (Lipinski definition) is 1. The average Bonchev–Trinajstić information content (AvgIpc) is 2.78. The Labute approximate surface area is 82.0 Å². The van der Waals surface area contributed by atoms with Gasteiger partial charge in [-0.3, -0.25) is 0 Å². The lowest BCUT2D eigenvalue weighted by Crippen LogP contribution is -2.27. The van der Waals surface area contributed by atoms with Crippen LogP contribution in [0.5, 0.6) is 0 Å². The number of fused-ring (bicyclic) bond motifs is 1. The number of furan rings is 1. The van der Waals surface area contributed by atoms with Crippen LogP contribution in [-0.4, -0.2) is 0 Å². The molecule has 2 nitrogen and oxygen atoms in total. The van der Waals surface area contributed by atoms with Crippen molar-refractivity contribution in [3.05, 3.63) is 22.6 Å². The van der Waals surface area contributed by atoms with Crippen LogP contribution in [-0.2, 0) is 6.42 Å². The zero-order valence-corrected chi connectivity index (χ0v) is 8.10. The van der Waals surface area contributed by atoms with Gasteiger partial charge < -0.3 is 10.2 Å². The Morgan fingerprint density at radius 2 is 2.23 bits per heavy atom. The summed E-state index contributed by atoms with van der Waals surface area (Å²) >= 11 is 5.81. The number of halogens is 1. The third-order valence-electron chi connectivity index (χ3n) is 3.54. The molecule has 70 valence electrons. The van der Waals surface area contributed by atoms with Gasteiger partial charge in [0.15, 0.2) is 5.22 Å². The van der Waals surface area contributed by atoms with Crippen molar-refractivity contribution in [2.24, 2.45) is 11.1 Å². The summed E-state index contributed by atoms with van der Waals surface area (Å²) in [7, 11) is 0. The second-order valence-electron chi connectivity index (χ2n) is 4.28. The monoisotopic (exact) mass is 197 g/mol. The Kier molecular flexibility index (Phi) is 1.40. The molecule has 1 unspecified atom stereocenters. The fourth-order valence-electron chi connectivity index (χ4n) is 2.41. The van der Waals surface area contributed by atoms with Crippen molar-refractivity contribution >= 4 is 11.6 Å². The molecule has 1 fully saturated rings.